The number of carbonyl (C=O) groups is 2. The Balaban J connectivity index is 1.45. The van der Waals surface area contributed by atoms with Crippen molar-refractivity contribution in [2.24, 2.45) is 5.92 Å². The van der Waals surface area contributed by atoms with Gasteiger partial charge < -0.3 is 15.0 Å². The normalized spacial score (nSPS) is 21.2. The maximum atomic E-state index is 13.1. The highest BCUT2D eigenvalue weighted by atomic mass is 16.5. The van der Waals surface area contributed by atoms with E-state index in [0.717, 1.165) is 49.8 Å². The van der Waals surface area contributed by atoms with Gasteiger partial charge in [0.1, 0.15) is 5.75 Å². The summed E-state index contributed by atoms with van der Waals surface area (Å²) in [6.07, 6.45) is 4.40. The number of fused-ring (bicyclic) bond motifs is 1. The topological polar surface area (TPSA) is 58.6 Å². The molecule has 2 aromatic carbocycles. The average molecular weight is 419 g/mol. The number of nitrogens with one attached hydrogen (secondary N) is 1. The Morgan fingerprint density at radius 3 is 2.48 bits per heavy atom. The molecule has 5 rings (SSSR count). The molecule has 162 valence electrons. The zero-order valence-corrected chi connectivity index (χ0v) is 18.3. The van der Waals surface area contributed by atoms with E-state index in [4.69, 9.17) is 4.74 Å². The number of hydrogen-bond acceptors (Lipinski definition) is 3. The predicted octanol–water partition coefficient (Wildman–Crippen LogP) is 3.93. The monoisotopic (exact) mass is 418 g/mol. The van der Waals surface area contributed by atoms with Gasteiger partial charge in [0.05, 0.1) is 6.04 Å². The molecule has 0 saturated heterocycles. The van der Waals surface area contributed by atoms with Crippen molar-refractivity contribution in [1.82, 2.24) is 10.2 Å². The number of ether oxygens (including phenoxy) is 1. The number of benzene rings is 2. The van der Waals surface area contributed by atoms with Crippen molar-refractivity contribution < 1.29 is 14.3 Å². The molecule has 0 spiro atoms. The summed E-state index contributed by atoms with van der Waals surface area (Å²) in [5.41, 5.74) is 4.67. The number of hydrogen-bond donors (Lipinski definition) is 1. The lowest BCUT2D eigenvalue weighted by molar-refractivity contribution is -0.134. The molecule has 2 fully saturated rings. The molecule has 0 aromatic heterocycles. The minimum Gasteiger partial charge on any atom is -0.481 e. The van der Waals surface area contributed by atoms with Gasteiger partial charge in [-0.05, 0) is 74.8 Å². The second-order valence-electron chi connectivity index (χ2n) is 9.27. The number of amides is 2. The van der Waals surface area contributed by atoms with Crippen molar-refractivity contribution in [1.29, 1.82) is 0 Å². The highest BCUT2D eigenvalue weighted by molar-refractivity contribution is 5.82. The van der Waals surface area contributed by atoms with Crippen molar-refractivity contribution in [2.45, 2.75) is 64.1 Å². The molecule has 1 N–H and O–H groups in total. The summed E-state index contributed by atoms with van der Waals surface area (Å²) in [4.78, 5) is 27.5. The van der Waals surface area contributed by atoms with Gasteiger partial charge in [-0.2, -0.15) is 0 Å². The van der Waals surface area contributed by atoms with Gasteiger partial charge in [0, 0.05) is 18.5 Å². The number of rotatable bonds is 6. The molecule has 1 heterocycles. The zero-order chi connectivity index (χ0) is 21.5. The van der Waals surface area contributed by atoms with Gasteiger partial charge in [0.25, 0.3) is 5.91 Å². The first-order chi connectivity index (χ1) is 15.0. The molecule has 2 atom stereocenters. The van der Waals surface area contributed by atoms with E-state index < -0.39 is 6.10 Å². The van der Waals surface area contributed by atoms with Crippen molar-refractivity contribution in [3.05, 3.63) is 64.7 Å². The molecule has 5 nitrogen and oxygen atoms in total. The highest BCUT2D eigenvalue weighted by Crippen LogP contribution is 2.41. The molecule has 5 heteroatoms. The summed E-state index contributed by atoms with van der Waals surface area (Å²) in [6.45, 7) is 4.60. The van der Waals surface area contributed by atoms with Crippen LogP contribution in [0.2, 0.25) is 0 Å². The van der Waals surface area contributed by atoms with Crippen molar-refractivity contribution in [3.8, 4) is 5.75 Å². The standard InChI is InChI=1S/C26H30N2O3/c1-16-3-5-19(6-4-16)24-23-15-22(31-17(2)25(29)27-21-10-11-21)12-9-18(23)13-14-28(24)26(30)20-7-8-20/h3-6,9,12,15,17,20-21,24H,7-8,10-11,13-14H2,1-2H3,(H,27,29). The maximum absolute atomic E-state index is 13.1. The molecule has 0 radical (unpaired) electrons. The van der Waals surface area contributed by atoms with Gasteiger partial charge in [0.15, 0.2) is 6.10 Å². The van der Waals surface area contributed by atoms with Crippen LogP contribution in [-0.2, 0) is 16.0 Å². The lowest BCUT2D eigenvalue weighted by Crippen LogP contribution is -2.41. The first-order valence-electron chi connectivity index (χ1n) is 11.5. The fraction of sp³-hybridized carbons (Fsp3) is 0.462. The molecule has 2 saturated carbocycles. The summed E-state index contributed by atoms with van der Waals surface area (Å²) in [5.74, 6) is 1.05. The number of nitrogens with zero attached hydrogens (tertiary/aromatic N) is 1. The summed E-state index contributed by atoms with van der Waals surface area (Å²) >= 11 is 0. The maximum Gasteiger partial charge on any atom is 0.260 e. The van der Waals surface area contributed by atoms with E-state index in [1.165, 1.54) is 11.1 Å². The largest absolute Gasteiger partial charge is 0.481 e. The van der Waals surface area contributed by atoms with Crippen LogP contribution in [-0.4, -0.2) is 35.4 Å². The van der Waals surface area contributed by atoms with Crippen LogP contribution in [0.3, 0.4) is 0 Å². The quantitative estimate of drug-likeness (QED) is 0.773. The van der Waals surface area contributed by atoms with Crippen LogP contribution in [0.25, 0.3) is 0 Å². The predicted molar refractivity (Wildman–Crippen MR) is 119 cm³/mol. The summed E-state index contributed by atoms with van der Waals surface area (Å²) in [7, 11) is 0. The minimum atomic E-state index is -0.552. The fourth-order valence-electron chi connectivity index (χ4n) is 4.38. The van der Waals surface area contributed by atoms with Crippen LogP contribution >= 0.6 is 0 Å². The third kappa shape index (κ3) is 4.32. The molecular formula is C26H30N2O3. The van der Waals surface area contributed by atoms with E-state index in [2.05, 4.69) is 47.5 Å². The van der Waals surface area contributed by atoms with Gasteiger partial charge in [-0.1, -0.05) is 35.9 Å². The van der Waals surface area contributed by atoms with Crippen LogP contribution in [0.15, 0.2) is 42.5 Å². The van der Waals surface area contributed by atoms with Gasteiger partial charge >= 0.3 is 0 Å². The lowest BCUT2D eigenvalue weighted by Gasteiger charge is -2.38. The third-order valence-corrected chi connectivity index (χ3v) is 6.55. The minimum absolute atomic E-state index is 0.0687. The molecule has 3 aliphatic rings. The van der Waals surface area contributed by atoms with Crippen LogP contribution in [0.5, 0.6) is 5.75 Å². The second-order valence-corrected chi connectivity index (χ2v) is 9.27. The molecule has 2 aromatic rings. The van der Waals surface area contributed by atoms with Gasteiger partial charge in [0.2, 0.25) is 5.91 Å². The Bertz CT molecular complexity index is 992. The zero-order valence-electron chi connectivity index (χ0n) is 18.3. The number of aryl methyl sites for hydroxylation is 1. The first kappa shape index (κ1) is 20.1. The van der Waals surface area contributed by atoms with Crippen molar-refractivity contribution in [2.75, 3.05) is 6.54 Å². The summed E-state index contributed by atoms with van der Waals surface area (Å²) < 4.78 is 6.01. The van der Waals surface area contributed by atoms with Gasteiger partial charge in [-0.25, -0.2) is 0 Å². The third-order valence-electron chi connectivity index (χ3n) is 6.55. The molecule has 2 amide bonds. The molecule has 1 aliphatic heterocycles. The van der Waals surface area contributed by atoms with Crippen LogP contribution in [0.1, 0.15) is 60.9 Å². The molecule has 0 bridgehead atoms. The molecule has 2 unspecified atom stereocenters. The van der Waals surface area contributed by atoms with E-state index in [0.29, 0.717) is 11.8 Å². The molecule has 31 heavy (non-hydrogen) atoms. The summed E-state index contributed by atoms with van der Waals surface area (Å²) in [6, 6.07) is 14.7. The Morgan fingerprint density at radius 2 is 1.81 bits per heavy atom. The summed E-state index contributed by atoms with van der Waals surface area (Å²) in [5, 5.41) is 3.00. The van der Waals surface area contributed by atoms with Crippen molar-refractivity contribution >= 4 is 11.8 Å². The molecule has 2 aliphatic carbocycles. The Morgan fingerprint density at radius 1 is 1.06 bits per heavy atom. The van der Waals surface area contributed by atoms with E-state index in [9.17, 15) is 9.59 Å². The average Bonchev–Trinajstić information content (AvgIpc) is 3.67. The Hall–Kier alpha value is -2.82. The van der Waals surface area contributed by atoms with E-state index >= 15 is 0 Å². The van der Waals surface area contributed by atoms with Crippen LogP contribution < -0.4 is 10.1 Å². The molecular weight excluding hydrogens is 388 g/mol. The van der Waals surface area contributed by atoms with Crippen LogP contribution in [0.4, 0.5) is 0 Å². The second kappa shape index (κ2) is 8.03. The van der Waals surface area contributed by atoms with Crippen LogP contribution in [0, 0.1) is 12.8 Å². The fourth-order valence-corrected chi connectivity index (χ4v) is 4.38. The van der Waals surface area contributed by atoms with E-state index in [-0.39, 0.29) is 23.8 Å². The van der Waals surface area contributed by atoms with Gasteiger partial charge in [-0.15, -0.1) is 0 Å². The van der Waals surface area contributed by atoms with Gasteiger partial charge in [-0.3, -0.25) is 9.59 Å². The number of carbonyl (C=O) groups excluding carboxylic acids is 2. The van der Waals surface area contributed by atoms with E-state index in [1.54, 1.807) is 6.92 Å². The smallest absolute Gasteiger partial charge is 0.260 e. The lowest BCUT2D eigenvalue weighted by atomic mass is 9.87. The Kier molecular flexibility index (Phi) is 5.20. The SMILES string of the molecule is Cc1ccc(C2c3cc(OC(C)C(=O)NC4CC4)ccc3CCN2C(=O)C2CC2)cc1. The van der Waals surface area contributed by atoms with Crippen molar-refractivity contribution in [3.63, 3.8) is 0 Å². The van der Waals surface area contributed by atoms with E-state index in [1.807, 2.05) is 12.1 Å². The Labute approximate surface area is 183 Å². The highest BCUT2D eigenvalue weighted by Gasteiger charge is 2.39. The first-order valence-corrected chi connectivity index (χ1v) is 11.5.